The summed E-state index contributed by atoms with van der Waals surface area (Å²) in [5.41, 5.74) is 3.68. The first-order chi connectivity index (χ1) is 14.0. The van der Waals surface area contributed by atoms with Gasteiger partial charge in [-0.05, 0) is 66.6 Å². The summed E-state index contributed by atoms with van der Waals surface area (Å²) in [6.07, 6.45) is 0.844. The number of carboxylic acid groups (broad SMARTS) is 1. The number of aromatic carboxylic acids is 1. The Hall–Kier alpha value is -3.93. The average Bonchev–Trinajstić information content (AvgIpc) is 3.18. The highest BCUT2D eigenvalue weighted by atomic mass is 16.4. The summed E-state index contributed by atoms with van der Waals surface area (Å²) in [6, 6.07) is 20.3. The Morgan fingerprint density at radius 3 is 2.10 bits per heavy atom. The fourth-order valence-corrected chi connectivity index (χ4v) is 3.37. The molecule has 0 aromatic heterocycles. The zero-order chi connectivity index (χ0) is 20.4. The third-order valence-corrected chi connectivity index (χ3v) is 4.92. The van der Waals surface area contributed by atoms with Gasteiger partial charge >= 0.3 is 5.97 Å². The molecule has 0 spiro atoms. The minimum absolute atomic E-state index is 0.0721. The molecule has 4 rings (SSSR count). The summed E-state index contributed by atoms with van der Waals surface area (Å²) >= 11 is 0. The van der Waals surface area contributed by atoms with E-state index in [1.54, 1.807) is 29.2 Å². The molecule has 3 aromatic carbocycles. The van der Waals surface area contributed by atoms with Crippen molar-refractivity contribution >= 4 is 29.2 Å². The molecule has 0 fully saturated rings. The number of hydrogen-bond acceptors (Lipinski definition) is 3. The Balaban J connectivity index is 1.45. The van der Waals surface area contributed by atoms with Crippen LogP contribution in [-0.2, 0) is 6.42 Å². The average molecular weight is 386 g/mol. The van der Waals surface area contributed by atoms with Crippen LogP contribution in [0.5, 0.6) is 0 Å². The highest BCUT2D eigenvalue weighted by Crippen LogP contribution is 2.29. The Kier molecular flexibility index (Phi) is 4.83. The minimum Gasteiger partial charge on any atom is -0.478 e. The SMILES string of the molecule is O=C(O)c1ccc(C(=O)Nc2ccc(C(=O)N3CCc4ccccc43)cc2)cc1. The number of nitrogens with zero attached hydrogens (tertiary/aromatic N) is 1. The lowest BCUT2D eigenvalue weighted by Crippen LogP contribution is -2.28. The second kappa shape index (κ2) is 7.59. The van der Waals surface area contributed by atoms with Gasteiger partial charge in [0.2, 0.25) is 0 Å². The van der Waals surface area contributed by atoms with Gasteiger partial charge in [0.05, 0.1) is 5.56 Å². The van der Waals surface area contributed by atoms with Crippen LogP contribution in [0.2, 0.25) is 0 Å². The van der Waals surface area contributed by atoms with Crippen LogP contribution in [-0.4, -0.2) is 29.4 Å². The summed E-state index contributed by atoms with van der Waals surface area (Å²) in [4.78, 5) is 37.8. The standard InChI is InChI=1S/C23H18N2O4/c26-21(16-5-7-18(8-6-16)23(28)29)24-19-11-9-17(10-12-19)22(27)25-14-13-15-3-1-2-4-20(15)25/h1-12H,13-14H2,(H,24,26)(H,28,29). The molecular formula is C23H18N2O4. The third kappa shape index (κ3) is 3.73. The lowest BCUT2D eigenvalue weighted by molar-refractivity contribution is 0.0696. The number of nitrogens with one attached hydrogen (secondary N) is 1. The predicted molar refractivity (Wildman–Crippen MR) is 110 cm³/mol. The van der Waals surface area contributed by atoms with Gasteiger partial charge in [-0.2, -0.15) is 0 Å². The molecule has 3 aromatic rings. The normalized spacial score (nSPS) is 12.3. The van der Waals surface area contributed by atoms with Crippen LogP contribution < -0.4 is 10.2 Å². The van der Waals surface area contributed by atoms with Crippen molar-refractivity contribution in [2.75, 3.05) is 16.8 Å². The topological polar surface area (TPSA) is 86.7 Å². The Labute approximate surface area is 167 Å². The summed E-state index contributed by atoms with van der Waals surface area (Å²) in [7, 11) is 0. The van der Waals surface area contributed by atoms with Crippen molar-refractivity contribution in [3.05, 3.63) is 95.1 Å². The van der Waals surface area contributed by atoms with Crippen molar-refractivity contribution in [3.8, 4) is 0 Å². The quantitative estimate of drug-likeness (QED) is 0.713. The van der Waals surface area contributed by atoms with E-state index < -0.39 is 5.97 Å². The molecule has 2 amide bonds. The van der Waals surface area contributed by atoms with Gasteiger partial charge in [0.1, 0.15) is 0 Å². The number of anilines is 2. The number of hydrogen-bond donors (Lipinski definition) is 2. The molecule has 2 N–H and O–H groups in total. The number of rotatable bonds is 4. The van der Waals surface area contributed by atoms with Crippen LogP contribution >= 0.6 is 0 Å². The van der Waals surface area contributed by atoms with Gasteiger partial charge in [0, 0.05) is 29.0 Å². The lowest BCUT2D eigenvalue weighted by atomic mass is 10.1. The van der Waals surface area contributed by atoms with Crippen LogP contribution in [0.1, 0.15) is 36.6 Å². The van der Waals surface area contributed by atoms with E-state index in [0.717, 1.165) is 12.1 Å². The van der Waals surface area contributed by atoms with E-state index in [1.165, 1.54) is 29.8 Å². The van der Waals surface area contributed by atoms with Crippen LogP contribution in [0.3, 0.4) is 0 Å². The van der Waals surface area contributed by atoms with E-state index in [-0.39, 0.29) is 17.4 Å². The zero-order valence-corrected chi connectivity index (χ0v) is 15.5. The minimum atomic E-state index is -1.04. The maximum absolute atomic E-state index is 12.8. The summed E-state index contributed by atoms with van der Waals surface area (Å²) < 4.78 is 0. The molecule has 0 atom stereocenters. The van der Waals surface area contributed by atoms with Crippen molar-refractivity contribution in [3.63, 3.8) is 0 Å². The number of fused-ring (bicyclic) bond motifs is 1. The maximum Gasteiger partial charge on any atom is 0.335 e. The van der Waals surface area contributed by atoms with Crippen molar-refractivity contribution in [2.45, 2.75) is 6.42 Å². The van der Waals surface area contributed by atoms with Crippen molar-refractivity contribution in [1.29, 1.82) is 0 Å². The van der Waals surface area contributed by atoms with Gasteiger partial charge in [0.25, 0.3) is 11.8 Å². The Bertz CT molecular complexity index is 1090. The number of carboxylic acids is 1. The molecule has 0 saturated carbocycles. The van der Waals surface area contributed by atoms with Gasteiger partial charge in [-0.15, -0.1) is 0 Å². The third-order valence-electron chi connectivity index (χ3n) is 4.92. The zero-order valence-electron chi connectivity index (χ0n) is 15.5. The molecule has 6 heteroatoms. The Morgan fingerprint density at radius 1 is 0.793 bits per heavy atom. The second-order valence-corrected chi connectivity index (χ2v) is 6.75. The highest BCUT2D eigenvalue weighted by molar-refractivity contribution is 6.08. The van der Waals surface area contributed by atoms with Crippen LogP contribution in [0, 0.1) is 0 Å². The number of benzene rings is 3. The van der Waals surface area contributed by atoms with E-state index in [1.807, 2.05) is 24.3 Å². The predicted octanol–water partition coefficient (Wildman–Crippen LogP) is 3.84. The summed E-state index contributed by atoms with van der Waals surface area (Å²) in [5.74, 6) is -1.47. The number of para-hydroxylation sites is 1. The first kappa shape index (κ1) is 18.4. The highest BCUT2D eigenvalue weighted by Gasteiger charge is 2.25. The van der Waals surface area contributed by atoms with Crippen LogP contribution in [0.15, 0.2) is 72.8 Å². The van der Waals surface area contributed by atoms with Gasteiger partial charge in [-0.3, -0.25) is 9.59 Å². The van der Waals surface area contributed by atoms with E-state index in [9.17, 15) is 14.4 Å². The first-order valence-corrected chi connectivity index (χ1v) is 9.17. The molecule has 1 aliphatic heterocycles. The molecule has 0 unspecified atom stereocenters. The van der Waals surface area contributed by atoms with Gasteiger partial charge in [-0.1, -0.05) is 18.2 Å². The molecule has 0 saturated heterocycles. The molecule has 1 aliphatic rings. The number of carbonyl (C=O) groups excluding carboxylic acids is 2. The van der Waals surface area contributed by atoms with Crippen molar-refractivity contribution in [1.82, 2.24) is 0 Å². The van der Waals surface area contributed by atoms with Gasteiger partial charge in [0.15, 0.2) is 0 Å². The second-order valence-electron chi connectivity index (χ2n) is 6.75. The van der Waals surface area contributed by atoms with Crippen molar-refractivity contribution in [2.24, 2.45) is 0 Å². The monoisotopic (exact) mass is 386 g/mol. The van der Waals surface area contributed by atoms with Gasteiger partial charge in [-0.25, -0.2) is 4.79 Å². The molecule has 6 nitrogen and oxygen atoms in total. The molecule has 0 aliphatic carbocycles. The Morgan fingerprint density at radius 2 is 1.41 bits per heavy atom. The lowest BCUT2D eigenvalue weighted by Gasteiger charge is -2.17. The largest absolute Gasteiger partial charge is 0.478 e. The number of amides is 2. The number of carbonyl (C=O) groups is 3. The molecule has 0 radical (unpaired) electrons. The van der Waals surface area contributed by atoms with E-state index >= 15 is 0 Å². The van der Waals surface area contributed by atoms with Crippen LogP contribution in [0.25, 0.3) is 0 Å². The molecule has 1 heterocycles. The van der Waals surface area contributed by atoms with E-state index in [4.69, 9.17) is 5.11 Å². The van der Waals surface area contributed by atoms with E-state index in [0.29, 0.717) is 23.4 Å². The fraction of sp³-hybridized carbons (Fsp3) is 0.0870. The summed E-state index contributed by atoms with van der Waals surface area (Å²) in [6.45, 7) is 0.656. The first-order valence-electron chi connectivity index (χ1n) is 9.17. The smallest absolute Gasteiger partial charge is 0.335 e. The molecule has 144 valence electrons. The fourth-order valence-electron chi connectivity index (χ4n) is 3.37. The maximum atomic E-state index is 12.8. The van der Waals surface area contributed by atoms with Crippen LogP contribution in [0.4, 0.5) is 11.4 Å². The molecule has 29 heavy (non-hydrogen) atoms. The van der Waals surface area contributed by atoms with Crippen molar-refractivity contribution < 1.29 is 19.5 Å². The summed E-state index contributed by atoms with van der Waals surface area (Å²) in [5, 5.41) is 11.7. The molecule has 0 bridgehead atoms. The molecular weight excluding hydrogens is 368 g/mol. The van der Waals surface area contributed by atoms with Gasteiger partial charge < -0.3 is 15.3 Å². The van der Waals surface area contributed by atoms with E-state index in [2.05, 4.69) is 5.32 Å².